The molecule has 0 saturated heterocycles. The minimum Gasteiger partial charge on any atom is -2.00 e. The van der Waals surface area contributed by atoms with Gasteiger partial charge < -0.3 is 5.48 Å². The van der Waals surface area contributed by atoms with Crippen molar-refractivity contribution in [3.63, 3.8) is 0 Å². The van der Waals surface area contributed by atoms with Gasteiger partial charge in [-0.2, -0.15) is 0 Å². The van der Waals surface area contributed by atoms with Crippen molar-refractivity contribution in [2.45, 2.75) is 0 Å². The van der Waals surface area contributed by atoms with E-state index < -0.39 is 0 Å². The number of hydrogen-bond acceptors (Lipinski definition) is 0. The zero-order valence-corrected chi connectivity index (χ0v) is 20.4. The van der Waals surface area contributed by atoms with E-state index in [2.05, 4.69) is 0 Å². The van der Waals surface area contributed by atoms with Crippen LogP contribution in [0.4, 0.5) is 0 Å². The topological polar surface area (TPSA) is 28.5 Å². The molecule has 0 aromatic carbocycles. The quantitative estimate of drug-likeness (QED) is 0.298. The van der Waals surface area contributed by atoms with Crippen LogP contribution in [0.1, 0.15) is 0 Å². The first-order valence-corrected chi connectivity index (χ1v) is 0. The molecule has 0 aromatic heterocycles. The van der Waals surface area contributed by atoms with Crippen LogP contribution in [0.15, 0.2) is 0 Å². The van der Waals surface area contributed by atoms with Gasteiger partial charge in [0.25, 0.3) is 0 Å². The third-order valence-corrected chi connectivity index (χ3v) is 0. The van der Waals surface area contributed by atoms with Crippen molar-refractivity contribution >= 4 is 77.0 Å². The van der Waals surface area contributed by atoms with E-state index in [0.29, 0.717) is 0 Å². The molecule has 6 heteroatoms. The van der Waals surface area contributed by atoms with Crippen molar-refractivity contribution in [2.75, 3.05) is 0 Å². The fourth-order valence-corrected chi connectivity index (χ4v) is 0. The zero-order chi connectivity index (χ0) is 0. The van der Waals surface area contributed by atoms with Gasteiger partial charge in [-0.3, -0.25) is 0 Å². The van der Waals surface area contributed by atoms with E-state index >= 15 is 0 Å². The van der Waals surface area contributed by atoms with E-state index in [1.165, 1.54) is 0 Å². The Hall–Kier alpha value is 4.10. The van der Waals surface area contributed by atoms with Crippen LogP contribution in [0.5, 0.6) is 0 Å². The standard InChI is InChI=1S/Cd.In.O.Pb.Sn.Zn/q;;-2;+2;;. The van der Waals surface area contributed by atoms with Gasteiger partial charge in [0, 0.05) is 96.5 Å². The third-order valence-electron chi connectivity index (χ3n) is 0. The summed E-state index contributed by atoms with van der Waals surface area (Å²) in [5.74, 6) is 0. The third kappa shape index (κ3) is 24.3. The first-order valence-electron chi connectivity index (χ1n) is 0. The first-order chi connectivity index (χ1) is 0. The molecule has 0 N–H and O–H groups in total. The van der Waals surface area contributed by atoms with Gasteiger partial charge >= 0.3 is 27.3 Å². The van der Waals surface area contributed by atoms with Gasteiger partial charge in [-0.15, -0.1) is 0 Å². The van der Waals surface area contributed by atoms with Crippen LogP contribution in [-0.4, -0.2) is 77.0 Å². The van der Waals surface area contributed by atoms with Crippen molar-refractivity contribution in [3.8, 4) is 0 Å². The van der Waals surface area contributed by atoms with Crippen molar-refractivity contribution in [1.82, 2.24) is 0 Å². The molecule has 0 atom stereocenters. The van der Waals surface area contributed by atoms with Crippen molar-refractivity contribution in [1.29, 1.82) is 0 Å². The molecule has 6 heavy (non-hydrogen) atoms. The fourth-order valence-electron chi connectivity index (χ4n) is 0. The predicted molar refractivity (Wildman–Crippen MR) is 17.9 cm³/mol. The first kappa shape index (κ1) is 49.8. The molecule has 0 rings (SSSR count). The van der Waals surface area contributed by atoms with Gasteiger partial charge in [-0.1, -0.05) is 0 Å². The zero-order valence-electron chi connectivity index (χ0n) is 3.40. The van der Waals surface area contributed by atoms with Crippen LogP contribution in [-0.2, 0) is 52.3 Å². The molecule has 1 nitrogen and oxygen atoms in total. The minimum atomic E-state index is 0. The Morgan fingerprint density at radius 2 is 1.00 bits per heavy atom. The summed E-state index contributed by atoms with van der Waals surface area (Å²) in [5, 5.41) is 0. The second kappa shape index (κ2) is 35.5. The van der Waals surface area contributed by atoms with Crippen LogP contribution >= 0.6 is 0 Å². The van der Waals surface area contributed by atoms with E-state index in [0.717, 1.165) is 0 Å². The van der Waals surface area contributed by atoms with E-state index in [1.54, 1.807) is 0 Å². The van der Waals surface area contributed by atoms with Gasteiger partial charge in [0.2, 0.25) is 0 Å². The molecule has 21 valence electrons. The molecule has 0 bridgehead atoms. The molecule has 0 amide bonds. The maximum Gasteiger partial charge on any atom is 2.00 e. The average Bonchev–Trinajstić information content (AvgIpc) is 0. The Morgan fingerprint density at radius 1 is 1.00 bits per heavy atom. The summed E-state index contributed by atoms with van der Waals surface area (Å²) >= 11 is 0. The Labute approximate surface area is 126 Å². The van der Waals surface area contributed by atoms with Crippen molar-refractivity contribution in [3.05, 3.63) is 0 Å². The van der Waals surface area contributed by atoms with E-state index in [-0.39, 0.29) is 129 Å². The Morgan fingerprint density at radius 3 is 1.00 bits per heavy atom. The SMILES string of the molecule is [Cd].[In].[O-2].[Pb+2].[Sn].[Zn]. The summed E-state index contributed by atoms with van der Waals surface area (Å²) in [4.78, 5) is 0. The molecule has 0 spiro atoms. The number of hydrogen-bond donors (Lipinski definition) is 0. The molecule has 0 unspecified atom stereocenters. The summed E-state index contributed by atoms with van der Waals surface area (Å²) < 4.78 is 0. The smallest absolute Gasteiger partial charge is 2.00 e. The van der Waals surface area contributed by atoms with Crippen LogP contribution in [0, 0.1) is 0 Å². The van der Waals surface area contributed by atoms with Gasteiger partial charge in [0.05, 0.1) is 0 Å². The normalized spacial score (nSPS) is 0. The summed E-state index contributed by atoms with van der Waals surface area (Å²) in [5.41, 5.74) is 0. The fraction of sp³-hybridized carbons (Fsp3) is 0. The average molecular weight is 635 g/mol. The second-order valence-electron chi connectivity index (χ2n) is 0. The molecule has 9 radical (unpaired) electrons. The van der Waals surface area contributed by atoms with E-state index in [1.807, 2.05) is 0 Å². The maximum atomic E-state index is 0. The monoisotopic (exact) mass is 637 g/mol. The minimum absolute atomic E-state index is 0. The molecule has 0 saturated carbocycles. The van der Waals surface area contributed by atoms with Gasteiger partial charge in [0.15, 0.2) is 0 Å². The van der Waals surface area contributed by atoms with Gasteiger partial charge in [-0.05, 0) is 0 Å². The van der Waals surface area contributed by atoms with E-state index in [9.17, 15) is 0 Å². The summed E-state index contributed by atoms with van der Waals surface area (Å²) in [7, 11) is 0. The van der Waals surface area contributed by atoms with Crippen molar-refractivity contribution in [2.24, 2.45) is 0 Å². The Bertz CT molecular complexity index is 15.5. The van der Waals surface area contributed by atoms with Crippen molar-refractivity contribution < 1.29 is 52.3 Å². The maximum absolute atomic E-state index is 0. The van der Waals surface area contributed by atoms with E-state index in [4.69, 9.17) is 0 Å². The number of rotatable bonds is 0. The van der Waals surface area contributed by atoms with Crippen LogP contribution in [0.3, 0.4) is 0 Å². The Balaban J connectivity index is 0. The van der Waals surface area contributed by atoms with Gasteiger partial charge in [0.1, 0.15) is 0 Å². The molecule has 0 aromatic rings. The van der Waals surface area contributed by atoms with Crippen LogP contribution < -0.4 is 0 Å². The molecule has 0 aliphatic rings. The van der Waals surface area contributed by atoms with Gasteiger partial charge in [-0.25, -0.2) is 0 Å². The van der Waals surface area contributed by atoms with Crippen LogP contribution in [0.2, 0.25) is 0 Å². The molecule has 0 heterocycles. The second-order valence-corrected chi connectivity index (χ2v) is 0. The molecular formula is CdInOPbSnZn. The Kier molecular flexibility index (Phi) is 295. The predicted octanol–water partition coefficient (Wildman–Crippen LogP) is -1.27. The summed E-state index contributed by atoms with van der Waals surface area (Å²) in [6, 6.07) is 0. The molecule has 0 aliphatic heterocycles. The van der Waals surface area contributed by atoms with Crippen LogP contribution in [0.25, 0.3) is 0 Å². The summed E-state index contributed by atoms with van der Waals surface area (Å²) in [6.07, 6.45) is 0. The largest absolute Gasteiger partial charge is 2.00 e. The molecular weight excluding hydrogens is 635 g/mol. The molecule has 0 aliphatic carbocycles. The molecule has 0 fully saturated rings. The summed E-state index contributed by atoms with van der Waals surface area (Å²) in [6.45, 7) is 0.